The summed E-state index contributed by atoms with van der Waals surface area (Å²) in [6.07, 6.45) is 1.64. The van der Waals surface area contributed by atoms with E-state index in [0.29, 0.717) is 5.56 Å². The number of carbonyl (C=O) groups excluding carboxylic acids is 1. The van der Waals surface area contributed by atoms with E-state index < -0.39 is 16.6 Å². The van der Waals surface area contributed by atoms with Crippen molar-refractivity contribution in [2.45, 2.75) is 25.4 Å². The lowest BCUT2D eigenvalue weighted by Gasteiger charge is -2.23. The van der Waals surface area contributed by atoms with Gasteiger partial charge in [0.1, 0.15) is 11.6 Å². The molecule has 0 saturated heterocycles. The van der Waals surface area contributed by atoms with E-state index >= 15 is 0 Å². The van der Waals surface area contributed by atoms with Gasteiger partial charge in [-0.1, -0.05) is 6.07 Å². The van der Waals surface area contributed by atoms with Crippen molar-refractivity contribution in [2.24, 2.45) is 0 Å². The quantitative estimate of drug-likeness (QED) is 0.620. The molecule has 1 saturated carbocycles. The number of hydrogen-bond acceptors (Lipinski definition) is 3. The van der Waals surface area contributed by atoms with Gasteiger partial charge in [0.2, 0.25) is 0 Å². The number of nitro benzene ring substituents is 1. The number of carbonyl (C=O) groups is 1. The third-order valence-corrected chi connectivity index (χ3v) is 3.93. The lowest BCUT2D eigenvalue weighted by Crippen LogP contribution is -2.33. The zero-order chi connectivity index (χ0) is 17.3. The Morgan fingerprint density at radius 2 is 1.83 bits per heavy atom. The Morgan fingerprint density at radius 3 is 2.38 bits per heavy atom. The monoisotopic (exact) mass is 332 g/mol. The molecule has 0 radical (unpaired) electrons. The Balaban J connectivity index is 1.82. The van der Waals surface area contributed by atoms with Crippen molar-refractivity contribution in [1.82, 2.24) is 4.90 Å². The summed E-state index contributed by atoms with van der Waals surface area (Å²) >= 11 is 0. The van der Waals surface area contributed by atoms with Crippen molar-refractivity contribution in [3.8, 4) is 0 Å². The highest BCUT2D eigenvalue weighted by Crippen LogP contribution is 2.30. The Bertz CT molecular complexity index is 789. The molecule has 124 valence electrons. The Hall–Kier alpha value is -2.83. The van der Waals surface area contributed by atoms with Crippen molar-refractivity contribution < 1.29 is 18.5 Å². The van der Waals surface area contributed by atoms with Crippen molar-refractivity contribution in [3.63, 3.8) is 0 Å². The van der Waals surface area contributed by atoms with E-state index in [0.717, 1.165) is 25.0 Å². The third kappa shape index (κ3) is 3.40. The number of benzene rings is 2. The lowest BCUT2D eigenvalue weighted by molar-refractivity contribution is -0.384. The molecule has 0 unspecified atom stereocenters. The van der Waals surface area contributed by atoms with Gasteiger partial charge >= 0.3 is 0 Å². The molecule has 1 fully saturated rings. The Morgan fingerprint density at radius 1 is 1.17 bits per heavy atom. The minimum Gasteiger partial charge on any atom is -0.331 e. The first-order valence-corrected chi connectivity index (χ1v) is 7.45. The van der Waals surface area contributed by atoms with Crippen molar-refractivity contribution in [3.05, 3.63) is 75.3 Å². The Labute approximate surface area is 136 Å². The molecule has 5 nitrogen and oxygen atoms in total. The van der Waals surface area contributed by atoms with Crippen LogP contribution in [0.3, 0.4) is 0 Å². The van der Waals surface area contributed by atoms with Crippen LogP contribution in [-0.4, -0.2) is 21.8 Å². The van der Waals surface area contributed by atoms with Gasteiger partial charge in [-0.2, -0.15) is 0 Å². The van der Waals surface area contributed by atoms with E-state index in [9.17, 15) is 23.7 Å². The molecule has 1 aliphatic carbocycles. The summed E-state index contributed by atoms with van der Waals surface area (Å²) in [6, 6.07) is 8.57. The predicted molar refractivity (Wildman–Crippen MR) is 82.3 cm³/mol. The van der Waals surface area contributed by atoms with Crippen LogP contribution in [0.25, 0.3) is 0 Å². The van der Waals surface area contributed by atoms with Gasteiger partial charge in [0, 0.05) is 41.9 Å². The molecule has 24 heavy (non-hydrogen) atoms. The molecule has 7 heteroatoms. The molecule has 0 atom stereocenters. The van der Waals surface area contributed by atoms with Gasteiger partial charge in [-0.05, 0) is 31.0 Å². The summed E-state index contributed by atoms with van der Waals surface area (Å²) < 4.78 is 26.9. The molecule has 0 bridgehead atoms. The number of halogens is 2. The van der Waals surface area contributed by atoms with E-state index in [1.54, 1.807) is 0 Å². The zero-order valence-corrected chi connectivity index (χ0v) is 12.6. The van der Waals surface area contributed by atoms with Crippen LogP contribution >= 0.6 is 0 Å². The van der Waals surface area contributed by atoms with E-state index in [1.165, 1.54) is 35.2 Å². The largest absolute Gasteiger partial charge is 0.331 e. The molecule has 3 rings (SSSR count). The van der Waals surface area contributed by atoms with E-state index in [4.69, 9.17) is 0 Å². The standard InChI is InChI=1S/C17H14F2N2O3/c18-13-4-1-12(16(19)9-13)10-20(14-7-8-14)17(22)11-2-5-15(6-3-11)21(23)24/h1-6,9,14H,7-8,10H2. The summed E-state index contributed by atoms with van der Waals surface area (Å²) in [5, 5.41) is 10.7. The highest BCUT2D eigenvalue weighted by Gasteiger charge is 2.33. The number of non-ortho nitro benzene ring substituents is 1. The average molecular weight is 332 g/mol. The van der Waals surface area contributed by atoms with Crippen LogP contribution < -0.4 is 0 Å². The molecule has 0 aromatic heterocycles. The van der Waals surface area contributed by atoms with Gasteiger partial charge in [0.15, 0.2) is 0 Å². The summed E-state index contributed by atoms with van der Waals surface area (Å²) in [7, 11) is 0. The van der Waals surface area contributed by atoms with Crippen LogP contribution in [0.2, 0.25) is 0 Å². The summed E-state index contributed by atoms with van der Waals surface area (Å²) in [6.45, 7) is 0.0343. The highest BCUT2D eigenvalue weighted by atomic mass is 19.1. The lowest BCUT2D eigenvalue weighted by atomic mass is 10.1. The fourth-order valence-corrected chi connectivity index (χ4v) is 2.48. The van der Waals surface area contributed by atoms with Gasteiger partial charge in [-0.3, -0.25) is 14.9 Å². The van der Waals surface area contributed by atoms with E-state index in [-0.39, 0.29) is 29.7 Å². The average Bonchev–Trinajstić information content (AvgIpc) is 3.38. The second-order valence-electron chi connectivity index (χ2n) is 5.70. The molecule has 2 aromatic carbocycles. The molecule has 0 heterocycles. The van der Waals surface area contributed by atoms with Crippen LogP contribution in [-0.2, 0) is 6.54 Å². The van der Waals surface area contributed by atoms with Crippen LogP contribution in [0.1, 0.15) is 28.8 Å². The molecule has 1 aliphatic rings. The maximum absolute atomic E-state index is 13.8. The molecule has 2 aromatic rings. The first-order chi connectivity index (χ1) is 11.5. The van der Waals surface area contributed by atoms with Crippen LogP contribution in [0, 0.1) is 21.7 Å². The fraction of sp³-hybridized carbons (Fsp3) is 0.235. The topological polar surface area (TPSA) is 63.4 Å². The zero-order valence-electron chi connectivity index (χ0n) is 12.6. The van der Waals surface area contributed by atoms with Crippen molar-refractivity contribution in [1.29, 1.82) is 0 Å². The molecule has 0 spiro atoms. The van der Waals surface area contributed by atoms with E-state index in [1.807, 2.05) is 0 Å². The fourth-order valence-electron chi connectivity index (χ4n) is 2.48. The second kappa shape index (κ2) is 6.35. The number of nitrogens with zero attached hydrogens (tertiary/aromatic N) is 2. The summed E-state index contributed by atoms with van der Waals surface area (Å²) in [5.41, 5.74) is 0.433. The van der Waals surface area contributed by atoms with Crippen LogP contribution in [0.5, 0.6) is 0 Å². The molecular weight excluding hydrogens is 318 g/mol. The Kier molecular flexibility index (Phi) is 4.24. The molecule has 0 N–H and O–H groups in total. The first kappa shape index (κ1) is 16.0. The number of amides is 1. The second-order valence-corrected chi connectivity index (χ2v) is 5.70. The van der Waals surface area contributed by atoms with Gasteiger partial charge in [0.25, 0.3) is 11.6 Å². The minimum absolute atomic E-state index is 0.0112. The first-order valence-electron chi connectivity index (χ1n) is 7.45. The normalized spacial score (nSPS) is 13.6. The number of rotatable bonds is 5. The number of hydrogen-bond donors (Lipinski definition) is 0. The van der Waals surface area contributed by atoms with Gasteiger partial charge in [-0.15, -0.1) is 0 Å². The van der Waals surface area contributed by atoms with Crippen LogP contribution in [0.15, 0.2) is 42.5 Å². The summed E-state index contributed by atoms with van der Waals surface area (Å²) in [4.78, 5) is 24.3. The minimum atomic E-state index is -0.697. The van der Waals surface area contributed by atoms with Gasteiger partial charge in [0.05, 0.1) is 4.92 Å². The highest BCUT2D eigenvalue weighted by molar-refractivity contribution is 5.94. The maximum Gasteiger partial charge on any atom is 0.269 e. The third-order valence-electron chi connectivity index (χ3n) is 3.93. The molecule has 1 amide bonds. The van der Waals surface area contributed by atoms with Crippen LogP contribution in [0.4, 0.5) is 14.5 Å². The smallest absolute Gasteiger partial charge is 0.269 e. The molecular formula is C17H14F2N2O3. The van der Waals surface area contributed by atoms with Crippen molar-refractivity contribution >= 4 is 11.6 Å². The van der Waals surface area contributed by atoms with Gasteiger partial charge in [-0.25, -0.2) is 8.78 Å². The maximum atomic E-state index is 13.8. The van der Waals surface area contributed by atoms with E-state index in [2.05, 4.69) is 0 Å². The predicted octanol–water partition coefficient (Wildman–Crippen LogP) is 3.68. The number of nitro groups is 1. The SMILES string of the molecule is O=C(c1ccc([N+](=O)[O-])cc1)N(Cc1ccc(F)cc1F)C1CC1. The van der Waals surface area contributed by atoms with Crippen molar-refractivity contribution in [2.75, 3.05) is 0 Å². The van der Waals surface area contributed by atoms with Gasteiger partial charge < -0.3 is 4.90 Å². The summed E-state index contributed by atoms with van der Waals surface area (Å²) in [5.74, 6) is -1.69. The molecule has 0 aliphatic heterocycles.